The van der Waals surface area contributed by atoms with E-state index in [-0.39, 0.29) is 5.82 Å². The van der Waals surface area contributed by atoms with Crippen molar-refractivity contribution in [2.75, 3.05) is 0 Å². The van der Waals surface area contributed by atoms with Gasteiger partial charge in [-0.15, -0.1) is 0 Å². The van der Waals surface area contributed by atoms with Gasteiger partial charge in [0, 0.05) is 29.1 Å². The fraction of sp³-hybridized carbons (Fsp3) is 0. The maximum absolute atomic E-state index is 13.2. The number of hydrogen-bond acceptors (Lipinski definition) is 4. The molecule has 0 unspecified atom stereocenters. The molecule has 0 aliphatic carbocycles. The number of halogens is 1. The molecule has 0 spiro atoms. The number of benzene rings is 2. The van der Waals surface area contributed by atoms with Gasteiger partial charge in [0.05, 0.1) is 5.69 Å². The van der Waals surface area contributed by atoms with E-state index in [1.807, 2.05) is 36.4 Å². The van der Waals surface area contributed by atoms with E-state index >= 15 is 0 Å². The summed E-state index contributed by atoms with van der Waals surface area (Å²) >= 11 is 0. The number of amidine groups is 1. The average Bonchev–Trinajstić information content (AvgIpc) is 2.83. The van der Waals surface area contributed by atoms with Crippen LogP contribution in [0.2, 0.25) is 0 Å². The first-order valence-electron chi connectivity index (χ1n) is 7.49. The largest absolute Gasteiger partial charge is 0.264 e. The van der Waals surface area contributed by atoms with Crippen molar-refractivity contribution in [3.63, 3.8) is 0 Å². The van der Waals surface area contributed by atoms with Crippen LogP contribution in [-0.2, 0) is 0 Å². The van der Waals surface area contributed by atoms with E-state index in [1.54, 1.807) is 24.5 Å². The quantitative estimate of drug-likeness (QED) is 0.784. The Morgan fingerprint density at radius 3 is 2.46 bits per heavy atom. The molecule has 1 aromatic heterocycles. The summed E-state index contributed by atoms with van der Waals surface area (Å²) in [6.07, 6.45) is 3.49. The Bertz CT molecular complexity index is 931. The third kappa shape index (κ3) is 2.67. The van der Waals surface area contributed by atoms with Crippen LogP contribution >= 0.6 is 0 Å². The van der Waals surface area contributed by atoms with E-state index in [4.69, 9.17) is 0 Å². The van der Waals surface area contributed by atoms with Crippen molar-refractivity contribution in [1.29, 1.82) is 0 Å². The molecule has 3 aromatic rings. The molecule has 0 fully saturated rings. The van der Waals surface area contributed by atoms with Crippen LogP contribution in [0.4, 0.5) is 10.1 Å². The van der Waals surface area contributed by atoms with Gasteiger partial charge in [-0.2, -0.15) is 5.10 Å². The summed E-state index contributed by atoms with van der Waals surface area (Å²) in [5.41, 5.74) is 7.13. The second-order valence-electron chi connectivity index (χ2n) is 5.30. The lowest BCUT2D eigenvalue weighted by atomic mass is 10.0. The molecule has 0 radical (unpaired) electrons. The molecule has 0 saturated heterocycles. The molecule has 5 heteroatoms. The van der Waals surface area contributed by atoms with Crippen LogP contribution in [0.25, 0.3) is 0 Å². The lowest BCUT2D eigenvalue weighted by Crippen LogP contribution is -2.19. The summed E-state index contributed by atoms with van der Waals surface area (Å²) in [6, 6.07) is 17.8. The van der Waals surface area contributed by atoms with Crippen molar-refractivity contribution < 1.29 is 4.39 Å². The number of para-hydroxylation sites is 1. The highest BCUT2D eigenvalue weighted by Crippen LogP contribution is 2.25. The maximum Gasteiger partial charge on any atom is 0.154 e. The van der Waals surface area contributed by atoms with Gasteiger partial charge in [-0.3, -0.25) is 10.4 Å². The average molecular weight is 316 g/mol. The van der Waals surface area contributed by atoms with Crippen molar-refractivity contribution >= 4 is 17.2 Å². The molecule has 1 aliphatic rings. The number of nitrogens with one attached hydrogen (secondary N) is 1. The molecule has 0 bridgehead atoms. The van der Waals surface area contributed by atoms with Gasteiger partial charge in [0.2, 0.25) is 0 Å². The molecule has 2 aromatic carbocycles. The van der Waals surface area contributed by atoms with Gasteiger partial charge in [0.15, 0.2) is 5.84 Å². The number of rotatable bonds is 2. The van der Waals surface area contributed by atoms with Crippen LogP contribution in [0, 0.1) is 5.82 Å². The molecule has 0 atom stereocenters. The first kappa shape index (κ1) is 14.3. The minimum atomic E-state index is -0.284. The third-order valence-electron chi connectivity index (χ3n) is 3.72. The topological polar surface area (TPSA) is 49.6 Å². The molecule has 1 N–H and O–H groups in total. The smallest absolute Gasteiger partial charge is 0.154 e. The second-order valence-corrected chi connectivity index (χ2v) is 5.30. The SMILES string of the molecule is Fc1ccc(C2=Nc3ccccc3C(c3cccnc3)=NN2)cc1. The summed E-state index contributed by atoms with van der Waals surface area (Å²) in [4.78, 5) is 8.83. The molecule has 4 rings (SSSR count). The summed E-state index contributed by atoms with van der Waals surface area (Å²) in [6.45, 7) is 0. The molecule has 2 heterocycles. The predicted octanol–water partition coefficient (Wildman–Crippen LogP) is 3.65. The summed E-state index contributed by atoms with van der Waals surface area (Å²) in [5, 5.41) is 4.52. The molecule has 116 valence electrons. The van der Waals surface area contributed by atoms with E-state index < -0.39 is 0 Å². The standard InChI is InChI=1S/C19H13FN4/c20-15-9-7-13(8-10-15)19-22-17-6-2-1-5-16(17)18(23-24-19)14-4-3-11-21-12-14/h1-12H,(H,22,24). The van der Waals surface area contributed by atoms with Gasteiger partial charge < -0.3 is 0 Å². The van der Waals surface area contributed by atoms with Crippen LogP contribution < -0.4 is 5.43 Å². The number of nitrogens with zero attached hydrogens (tertiary/aromatic N) is 3. The van der Waals surface area contributed by atoms with E-state index in [9.17, 15) is 4.39 Å². The zero-order chi connectivity index (χ0) is 16.4. The minimum absolute atomic E-state index is 0.284. The van der Waals surface area contributed by atoms with E-state index in [0.29, 0.717) is 5.84 Å². The second kappa shape index (κ2) is 6.04. The third-order valence-corrected chi connectivity index (χ3v) is 3.72. The fourth-order valence-corrected chi connectivity index (χ4v) is 2.55. The summed E-state index contributed by atoms with van der Waals surface area (Å²) in [5.74, 6) is 0.286. The van der Waals surface area contributed by atoms with Crippen molar-refractivity contribution in [3.8, 4) is 0 Å². The molecular formula is C19H13FN4. The van der Waals surface area contributed by atoms with E-state index in [1.165, 1.54) is 12.1 Å². The van der Waals surface area contributed by atoms with Crippen molar-refractivity contribution in [2.45, 2.75) is 0 Å². The van der Waals surface area contributed by atoms with Crippen LogP contribution in [0.15, 0.2) is 83.2 Å². The van der Waals surface area contributed by atoms with Crippen LogP contribution in [0.1, 0.15) is 16.7 Å². The van der Waals surface area contributed by atoms with Gasteiger partial charge in [0.25, 0.3) is 0 Å². The molecule has 4 nitrogen and oxygen atoms in total. The maximum atomic E-state index is 13.2. The highest BCUT2D eigenvalue weighted by atomic mass is 19.1. The van der Waals surface area contributed by atoms with Gasteiger partial charge in [-0.05, 0) is 42.5 Å². The van der Waals surface area contributed by atoms with Crippen LogP contribution in [-0.4, -0.2) is 16.5 Å². The summed E-state index contributed by atoms with van der Waals surface area (Å²) in [7, 11) is 0. The number of aliphatic imine (C=N–C) groups is 1. The predicted molar refractivity (Wildman–Crippen MR) is 92.1 cm³/mol. The highest BCUT2D eigenvalue weighted by Gasteiger charge is 2.16. The molecule has 0 saturated carbocycles. The Kier molecular flexibility index (Phi) is 3.59. The van der Waals surface area contributed by atoms with Crippen molar-refractivity contribution in [1.82, 2.24) is 10.4 Å². The van der Waals surface area contributed by atoms with Gasteiger partial charge >= 0.3 is 0 Å². The monoisotopic (exact) mass is 316 g/mol. The number of aromatic nitrogens is 1. The first-order valence-corrected chi connectivity index (χ1v) is 7.49. The van der Waals surface area contributed by atoms with Gasteiger partial charge in [-0.25, -0.2) is 9.38 Å². The Labute approximate surface area is 138 Å². The normalized spacial score (nSPS) is 13.2. The number of pyridine rings is 1. The van der Waals surface area contributed by atoms with Gasteiger partial charge in [0.1, 0.15) is 11.5 Å². The van der Waals surface area contributed by atoms with Crippen molar-refractivity contribution in [2.24, 2.45) is 10.1 Å². The van der Waals surface area contributed by atoms with E-state index in [0.717, 1.165) is 28.1 Å². The summed E-state index contributed by atoms with van der Waals surface area (Å²) < 4.78 is 13.2. The Balaban J connectivity index is 1.84. The number of hydrogen-bond donors (Lipinski definition) is 1. The van der Waals surface area contributed by atoms with Crippen LogP contribution in [0.5, 0.6) is 0 Å². The fourth-order valence-electron chi connectivity index (χ4n) is 2.55. The lowest BCUT2D eigenvalue weighted by Gasteiger charge is -2.06. The Morgan fingerprint density at radius 2 is 1.67 bits per heavy atom. The number of hydrazone groups is 1. The molecule has 0 amide bonds. The molecule has 24 heavy (non-hydrogen) atoms. The molecular weight excluding hydrogens is 303 g/mol. The zero-order valence-electron chi connectivity index (χ0n) is 12.6. The Hall–Kier alpha value is -3.34. The van der Waals surface area contributed by atoms with Crippen LogP contribution in [0.3, 0.4) is 0 Å². The Morgan fingerprint density at radius 1 is 0.833 bits per heavy atom. The lowest BCUT2D eigenvalue weighted by molar-refractivity contribution is 0.627. The van der Waals surface area contributed by atoms with Gasteiger partial charge in [-0.1, -0.05) is 18.2 Å². The highest BCUT2D eigenvalue weighted by molar-refractivity contribution is 6.17. The first-order chi connectivity index (χ1) is 11.8. The van der Waals surface area contributed by atoms with Crippen molar-refractivity contribution in [3.05, 3.63) is 95.6 Å². The zero-order valence-corrected chi connectivity index (χ0v) is 12.6. The molecule has 1 aliphatic heterocycles. The van der Waals surface area contributed by atoms with E-state index in [2.05, 4.69) is 20.5 Å². The number of fused-ring (bicyclic) bond motifs is 1. The minimum Gasteiger partial charge on any atom is -0.264 e.